The van der Waals surface area contributed by atoms with E-state index in [4.69, 9.17) is 20.6 Å². The Morgan fingerprint density at radius 2 is 0.727 bits per heavy atom. The summed E-state index contributed by atoms with van der Waals surface area (Å²) < 4.78 is 237. The molecule has 0 saturated carbocycles. The van der Waals surface area contributed by atoms with E-state index in [0.717, 1.165) is 0 Å². The van der Waals surface area contributed by atoms with Gasteiger partial charge in [-0.25, -0.2) is 0 Å². The first kappa shape index (κ1) is 9.91. The SMILES string of the molecule is [2H]c1c([2H])c([2H])c2c(-c3c4c([2H])c([2H])c([2H])c([2H])c4c(-c4c([2H])c([2H])c5c([2H])c([2H])c6c([2H])c([2H])c([2H])c7c([2H])c([2H])c4c5c67)c4c([2H])c([2H])c5c([2H])c([2H])c([2H])c([2H])c5c34)c([2H])c([2H])c([2H])c2c1[2H]. The van der Waals surface area contributed by atoms with Crippen molar-refractivity contribution in [2.75, 3.05) is 0 Å². The van der Waals surface area contributed by atoms with Gasteiger partial charge in [0.2, 0.25) is 0 Å². The van der Waals surface area contributed by atoms with Crippen molar-refractivity contribution < 1.29 is 35.6 Å². The van der Waals surface area contributed by atoms with Crippen molar-refractivity contribution in [1.29, 1.82) is 0 Å². The van der Waals surface area contributed by atoms with Crippen LogP contribution in [0.2, 0.25) is 0 Å². The van der Waals surface area contributed by atoms with Gasteiger partial charge >= 0.3 is 0 Å². The van der Waals surface area contributed by atoms with Gasteiger partial charge in [-0.05, 0) is 97.7 Å². The van der Waals surface area contributed by atoms with Gasteiger partial charge in [-0.15, -0.1) is 0 Å². The fraction of sp³-hybridized carbons (Fsp3) is 0. The van der Waals surface area contributed by atoms with Crippen LogP contribution in [-0.2, 0) is 0 Å². The predicted octanol–water partition coefficient (Wildman–Crippen LogP) is 12.5. The van der Waals surface area contributed by atoms with E-state index in [0.29, 0.717) is 0 Å². The van der Waals surface area contributed by atoms with Crippen LogP contribution in [0.15, 0.2) is 157 Å². The summed E-state index contributed by atoms with van der Waals surface area (Å²) >= 11 is 0. The number of rotatable bonds is 2. The molecule has 0 spiro atoms. The molecule has 0 aliphatic carbocycles. The lowest BCUT2D eigenvalue weighted by Crippen LogP contribution is -1.94. The maximum atomic E-state index is 9.83. The molecule has 0 heteroatoms. The summed E-state index contributed by atoms with van der Waals surface area (Å²) in [6, 6.07) is -23.1. The summed E-state index contributed by atoms with van der Waals surface area (Å²) in [5.74, 6) is 0. The van der Waals surface area contributed by atoms with E-state index >= 15 is 0 Å². The predicted molar refractivity (Wildman–Crippen MR) is 191 cm³/mol. The van der Waals surface area contributed by atoms with Crippen molar-refractivity contribution in [3.8, 4) is 22.3 Å². The summed E-state index contributed by atoms with van der Waals surface area (Å²) in [5, 5.41) is -8.01. The van der Waals surface area contributed by atoms with Crippen molar-refractivity contribution in [2.24, 2.45) is 0 Å². The minimum atomic E-state index is -0.991. The van der Waals surface area contributed by atoms with Crippen molar-refractivity contribution in [1.82, 2.24) is 0 Å². The molecular formula is C44H26. The van der Waals surface area contributed by atoms with E-state index in [1.54, 1.807) is 0 Å². The molecule has 0 amide bonds. The molecule has 0 aliphatic heterocycles. The maximum Gasteiger partial charge on any atom is 0.0630 e. The fourth-order valence-corrected chi connectivity index (χ4v) is 6.03. The lowest BCUT2D eigenvalue weighted by atomic mass is 9.81. The molecule has 0 nitrogen and oxygen atoms in total. The van der Waals surface area contributed by atoms with Crippen molar-refractivity contribution in [3.05, 3.63) is 157 Å². The monoisotopic (exact) mass is 580 g/mol. The molecule has 202 valence electrons. The lowest BCUT2D eigenvalue weighted by molar-refractivity contribution is 1.70. The maximum absolute atomic E-state index is 9.83. The minimum absolute atomic E-state index is 0.315. The second kappa shape index (κ2) is 8.89. The third kappa shape index (κ3) is 3.17. The second-order valence-corrected chi connectivity index (χ2v) is 10.0. The molecule has 10 aromatic carbocycles. The first-order valence-corrected chi connectivity index (χ1v) is 13.2. The zero-order valence-corrected chi connectivity index (χ0v) is 22.0. The molecule has 0 N–H and O–H groups in total. The summed E-state index contributed by atoms with van der Waals surface area (Å²) in [6.45, 7) is 0. The molecule has 0 unspecified atom stereocenters. The number of benzene rings is 10. The summed E-state index contributed by atoms with van der Waals surface area (Å²) in [5.41, 5.74) is -2.79. The van der Waals surface area contributed by atoms with Crippen LogP contribution in [0.25, 0.3) is 97.7 Å². The third-order valence-electron chi connectivity index (χ3n) is 7.81. The van der Waals surface area contributed by atoms with E-state index in [9.17, 15) is 15.1 Å². The van der Waals surface area contributed by atoms with Gasteiger partial charge in [0.15, 0.2) is 0 Å². The average molecular weight is 581 g/mol. The van der Waals surface area contributed by atoms with E-state index in [1.807, 2.05) is 0 Å². The second-order valence-electron chi connectivity index (χ2n) is 10.0. The topological polar surface area (TPSA) is 0 Å². The van der Waals surface area contributed by atoms with E-state index in [-0.39, 0.29) is 10.8 Å². The van der Waals surface area contributed by atoms with Gasteiger partial charge in [0.1, 0.15) is 0 Å². The highest BCUT2D eigenvalue weighted by Gasteiger charge is 2.21. The molecule has 0 bridgehead atoms. The van der Waals surface area contributed by atoms with Gasteiger partial charge in [-0.2, -0.15) is 0 Å². The molecule has 0 atom stereocenters. The number of hydrogen-bond donors (Lipinski definition) is 0. The molecule has 0 fully saturated rings. The Balaban J connectivity index is 1.69. The average Bonchev–Trinajstić information content (AvgIpc) is 3.32. The number of fused-ring (bicyclic) bond motifs is 5. The van der Waals surface area contributed by atoms with Gasteiger partial charge in [0, 0.05) is 0 Å². The van der Waals surface area contributed by atoms with Gasteiger partial charge < -0.3 is 0 Å². The van der Waals surface area contributed by atoms with Gasteiger partial charge in [-0.3, -0.25) is 0 Å². The molecule has 0 radical (unpaired) electrons. The summed E-state index contributed by atoms with van der Waals surface area (Å²) in [4.78, 5) is 0. The Labute approximate surface area is 291 Å². The fourth-order valence-electron chi connectivity index (χ4n) is 6.03. The van der Waals surface area contributed by atoms with Crippen LogP contribution in [0.5, 0.6) is 0 Å². The smallest absolute Gasteiger partial charge is 0.0616 e. The first-order valence-electron chi connectivity index (χ1n) is 26.2. The third-order valence-corrected chi connectivity index (χ3v) is 7.81. The van der Waals surface area contributed by atoms with Crippen molar-refractivity contribution in [3.63, 3.8) is 0 Å². The van der Waals surface area contributed by atoms with Crippen LogP contribution in [0.4, 0.5) is 0 Å². The minimum Gasteiger partial charge on any atom is -0.0616 e. The Bertz CT molecular complexity index is 4200. The van der Waals surface area contributed by atoms with Gasteiger partial charge in [-0.1, -0.05) is 157 Å². The number of hydrogen-bond acceptors (Lipinski definition) is 0. The Hall–Kier alpha value is -5.72. The normalized spacial score (nSPS) is 20.4. The van der Waals surface area contributed by atoms with Crippen LogP contribution in [0.3, 0.4) is 0 Å². The first-order chi connectivity index (χ1) is 32.7. The van der Waals surface area contributed by atoms with Crippen LogP contribution in [-0.4, -0.2) is 0 Å². The molecule has 10 aromatic rings. The standard InChI is InChI=1S/C44H26/c1-3-14-32-27(9-1)11-8-18-34(32)44-36-17-6-5-16-35(36)42(39-26-21-28-10-2-4-15-33(28)43(39)44)38-25-23-31-20-19-29-12-7-13-30-22-24-37(38)41(31)40(29)30/h1-26H/i1D,2D,3D,4D,5D,6D,7D,8D,9D,10D,11D,12D,13D,14D,15D,16D,17D,18D,19D,20D,21D,22D,23D,24D,25D,26D. The van der Waals surface area contributed by atoms with Crippen LogP contribution >= 0.6 is 0 Å². The molecule has 0 aliphatic rings. The van der Waals surface area contributed by atoms with Gasteiger partial charge in [0.25, 0.3) is 0 Å². The molecule has 44 heavy (non-hydrogen) atoms. The highest BCUT2D eigenvalue weighted by molar-refractivity contribution is 6.32. The summed E-state index contributed by atoms with van der Waals surface area (Å²) in [6.07, 6.45) is 0. The van der Waals surface area contributed by atoms with Crippen molar-refractivity contribution >= 4 is 75.4 Å². The quantitative estimate of drug-likeness (QED) is 0.141. The Morgan fingerprint density at radius 1 is 0.250 bits per heavy atom. The van der Waals surface area contributed by atoms with E-state index in [1.165, 1.54) is 0 Å². The Morgan fingerprint density at radius 3 is 1.52 bits per heavy atom. The highest BCUT2D eigenvalue weighted by Crippen LogP contribution is 2.49. The van der Waals surface area contributed by atoms with Crippen LogP contribution in [0, 0.1) is 0 Å². The highest BCUT2D eigenvalue weighted by atomic mass is 14.2. The van der Waals surface area contributed by atoms with E-state index in [2.05, 4.69) is 0 Å². The largest absolute Gasteiger partial charge is 0.0630 e. The molecule has 0 heterocycles. The van der Waals surface area contributed by atoms with Gasteiger partial charge in [0.05, 0.1) is 35.6 Å². The lowest BCUT2D eigenvalue weighted by Gasteiger charge is -2.21. The summed E-state index contributed by atoms with van der Waals surface area (Å²) in [7, 11) is 0. The molecule has 10 rings (SSSR count). The van der Waals surface area contributed by atoms with Crippen molar-refractivity contribution in [2.45, 2.75) is 0 Å². The van der Waals surface area contributed by atoms with E-state index < -0.39 is 244 Å². The molecular weight excluding hydrogens is 528 g/mol. The zero-order valence-electron chi connectivity index (χ0n) is 48.0. The zero-order chi connectivity index (χ0) is 51.4. The molecule has 0 saturated heterocycles. The molecule has 0 aromatic heterocycles. The van der Waals surface area contributed by atoms with Crippen LogP contribution in [0.1, 0.15) is 35.6 Å². The van der Waals surface area contributed by atoms with Crippen LogP contribution < -0.4 is 0 Å². The Kier molecular flexibility index (Phi) is 2.00.